The normalized spacial score (nSPS) is 13.9. The van der Waals surface area contributed by atoms with Crippen molar-refractivity contribution in [2.24, 2.45) is 5.41 Å². The molecule has 142 valence electrons. The number of amides is 2. The van der Waals surface area contributed by atoms with Crippen LogP contribution in [0.5, 0.6) is 0 Å². The average Bonchev–Trinajstić information content (AvgIpc) is 3.45. The summed E-state index contributed by atoms with van der Waals surface area (Å²) in [4.78, 5) is 27.0. The molecule has 1 fully saturated rings. The first-order valence-corrected chi connectivity index (χ1v) is 9.21. The molecule has 0 unspecified atom stereocenters. The molecular weight excluding hydrogens is 343 g/mol. The zero-order valence-corrected chi connectivity index (χ0v) is 16.0. The highest BCUT2D eigenvalue weighted by Crippen LogP contribution is 2.30. The van der Waals surface area contributed by atoms with E-state index in [-0.39, 0.29) is 30.2 Å². The Labute approximate surface area is 159 Å². The average molecular weight is 368 g/mol. The molecule has 0 spiro atoms. The molecule has 2 aromatic rings. The monoisotopic (exact) mass is 368 g/mol. The van der Waals surface area contributed by atoms with Crippen LogP contribution in [0.15, 0.2) is 48.5 Å². The summed E-state index contributed by atoms with van der Waals surface area (Å²) >= 11 is 0. The number of halogens is 1. The van der Waals surface area contributed by atoms with Gasteiger partial charge in [0.2, 0.25) is 5.91 Å². The van der Waals surface area contributed by atoms with Gasteiger partial charge in [-0.2, -0.15) is 0 Å². The molecule has 2 amide bonds. The van der Waals surface area contributed by atoms with E-state index in [4.69, 9.17) is 0 Å². The standard InChI is InChI=1S/C22H25FN2O2/c1-22(2,3)21(27)24-17-9-6-8-15(13-17)20(26)25(18-11-12-18)14-16-7-4-5-10-19(16)23/h4-10,13,18H,11-12,14H2,1-3H3,(H,24,27). The lowest BCUT2D eigenvalue weighted by molar-refractivity contribution is -0.123. The Morgan fingerprint density at radius 2 is 1.81 bits per heavy atom. The zero-order chi connectivity index (χ0) is 19.6. The minimum Gasteiger partial charge on any atom is -0.331 e. The molecule has 2 aromatic carbocycles. The van der Waals surface area contributed by atoms with Crippen LogP contribution >= 0.6 is 0 Å². The van der Waals surface area contributed by atoms with E-state index in [1.165, 1.54) is 6.07 Å². The summed E-state index contributed by atoms with van der Waals surface area (Å²) < 4.78 is 14.0. The number of carbonyl (C=O) groups excluding carboxylic acids is 2. The van der Waals surface area contributed by atoms with Gasteiger partial charge in [-0.15, -0.1) is 0 Å². The maximum Gasteiger partial charge on any atom is 0.254 e. The summed E-state index contributed by atoms with van der Waals surface area (Å²) in [5, 5.41) is 2.85. The Bertz CT molecular complexity index is 853. The van der Waals surface area contributed by atoms with Gasteiger partial charge in [0.25, 0.3) is 5.91 Å². The fraction of sp³-hybridized carbons (Fsp3) is 0.364. The molecule has 1 saturated carbocycles. The van der Waals surface area contributed by atoms with Crippen LogP contribution in [0.4, 0.5) is 10.1 Å². The molecule has 0 saturated heterocycles. The molecule has 3 rings (SSSR count). The van der Waals surface area contributed by atoms with Gasteiger partial charge in [-0.05, 0) is 37.1 Å². The Kier molecular flexibility index (Phi) is 5.31. The number of nitrogens with zero attached hydrogens (tertiary/aromatic N) is 1. The Morgan fingerprint density at radius 3 is 2.44 bits per heavy atom. The topological polar surface area (TPSA) is 49.4 Å². The second-order valence-electron chi connectivity index (χ2n) is 8.04. The third-order valence-electron chi connectivity index (χ3n) is 4.60. The number of benzene rings is 2. The van der Waals surface area contributed by atoms with E-state index in [0.29, 0.717) is 16.8 Å². The fourth-order valence-corrected chi connectivity index (χ4v) is 2.78. The fourth-order valence-electron chi connectivity index (χ4n) is 2.78. The SMILES string of the molecule is CC(C)(C)C(=O)Nc1cccc(C(=O)N(Cc2ccccc2F)C2CC2)c1. The van der Waals surface area contributed by atoms with Crippen molar-refractivity contribution >= 4 is 17.5 Å². The predicted octanol–water partition coefficient (Wildman–Crippen LogP) is 4.62. The van der Waals surface area contributed by atoms with Crippen LogP contribution in [0.2, 0.25) is 0 Å². The number of rotatable bonds is 5. The molecule has 27 heavy (non-hydrogen) atoms. The highest BCUT2D eigenvalue weighted by Gasteiger charge is 2.33. The first-order chi connectivity index (χ1) is 12.8. The molecule has 0 heterocycles. The summed E-state index contributed by atoms with van der Waals surface area (Å²) in [6, 6.07) is 13.6. The molecule has 1 aliphatic carbocycles. The van der Waals surface area contributed by atoms with Gasteiger partial charge in [-0.3, -0.25) is 9.59 Å². The van der Waals surface area contributed by atoms with Crippen LogP contribution in [0.3, 0.4) is 0 Å². The Hall–Kier alpha value is -2.69. The summed E-state index contributed by atoms with van der Waals surface area (Å²) in [5.41, 5.74) is 1.06. The lowest BCUT2D eigenvalue weighted by atomic mass is 9.95. The van der Waals surface area contributed by atoms with Crippen LogP contribution in [0.1, 0.15) is 49.5 Å². The molecule has 0 aliphatic heterocycles. The summed E-state index contributed by atoms with van der Waals surface area (Å²) in [6.45, 7) is 5.75. The Balaban J connectivity index is 1.80. The maximum absolute atomic E-state index is 14.0. The van der Waals surface area contributed by atoms with Crippen LogP contribution in [-0.2, 0) is 11.3 Å². The number of hydrogen-bond acceptors (Lipinski definition) is 2. The van der Waals surface area contributed by atoms with Gasteiger partial charge >= 0.3 is 0 Å². The molecule has 1 aliphatic rings. The third-order valence-corrected chi connectivity index (χ3v) is 4.60. The predicted molar refractivity (Wildman–Crippen MR) is 104 cm³/mol. The van der Waals surface area contributed by atoms with Gasteiger partial charge in [0, 0.05) is 34.8 Å². The lowest BCUT2D eigenvalue weighted by Gasteiger charge is -2.23. The molecule has 5 heteroatoms. The van der Waals surface area contributed by atoms with Crippen LogP contribution in [0, 0.1) is 11.2 Å². The first-order valence-electron chi connectivity index (χ1n) is 9.21. The van der Waals surface area contributed by atoms with Crippen molar-refractivity contribution in [3.05, 3.63) is 65.5 Å². The quantitative estimate of drug-likeness (QED) is 0.837. The Morgan fingerprint density at radius 1 is 1.11 bits per heavy atom. The van der Waals surface area contributed by atoms with Crippen molar-refractivity contribution in [2.75, 3.05) is 5.32 Å². The molecule has 4 nitrogen and oxygen atoms in total. The molecule has 0 bridgehead atoms. The van der Waals surface area contributed by atoms with Crippen LogP contribution in [0.25, 0.3) is 0 Å². The molecular formula is C22H25FN2O2. The van der Waals surface area contributed by atoms with Crippen molar-refractivity contribution in [1.29, 1.82) is 0 Å². The minimum atomic E-state index is -0.523. The second kappa shape index (κ2) is 7.51. The summed E-state index contributed by atoms with van der Waals surface area (Å²) in [5.74, 6) is -0.563. The first kappa shape index (κ1) is 19.1. The number of anilines is 1. The summed E-state index contributed by atoms with van der Waals surface area (Å²) in [6.07, 6.45) is 1.86. The van der Waals surface area contributed by atoms with Crippen molar-refractivity contribution in [3.8, 4) is 0 Å². The number of carbonyl (C=O) groups is 2. The maximum atomic E-state index is 14.0. The van der Waals surface area contributed by atoms with E-state index in [1.807, 2.05) is 20.8 Å². The summed E-state index contributed by atoms with van der Waals surface area (Å²) in [7, 11) is 0. The van der Waals surface area contributed by atoms with Crippen molar-refractivity contribution < 1.29 is 14.0 Å². The molecule has 0 atom stereocenters. The third kappa shape index (κ3) is 4.73. The highest BCUT2D eigenvalue weighted by atomic mass is 19.1. The van der Waals surface area contributed by atoms with Gasteiger partial charge in [-0.1, -0.05) is 45.0 Å². The van der Waals surface area contributed by atoms with Crippen LogP contribution < -0.4 is 5.32 Å². The van der Waals surface area contributed by atoms with E-state index in [1.54, 1.807) is 47.4 Å². The van der Waals surface area contributed by atoms with Crippen molar-refractivity contribution in [2.45, 2.75) is 46.2 Å². The van der Waals surface area contributed by atoms with Crippen LogP contribution in [-0.4, -0.2) is 22.8 Å². The van der Waals surface area contributed by atoms with Gasteiger partial charge in [-0.25, -0.2) is 4.39 Å². The lowest BCUT2D eigenvalue weighted by Crippen LogP contribution is -2.33. The molecule has 1 N–H and O–H groups in total. The van der Waals surface area contributed by atoms with E-state index in [2.05, 4.69) is 5.32 Å². The molecule has 0 radical (unpaired) electrons. The largest absolute Gasteiger partial charge is 0.331 e. The highest BCUT2D eigenvalue weighted by molar-refractivity contribution is 5.98. The second-order valence-corrected chi connectivity index (χ2v) is 8.04. The van der Waals surface area contributed by atoms with E-state index in [0.717, 1.165) is 12.8 Å². The van der Waals surface area contributed by atoms with Crippen molar-refractivity contribution in [1.82, 2.24) is 4.90 Å². The smallest absolute Gasteiger partial charge is 0.254 e. The van der Waals surface area contributed by atoms with Gasteiger partial charge in [0.05, 0.1) is 0 Å². The number of hydrogen-bond donors (Lipinski definition) is 1. The van der Waals surface area contributed by atoms with Gasteiger partial charge in [0.1, 0.15) is 5.82 Å². The molecule has 0 aromatic heterocycles. The van der Waals surface area contributed by atoms with Gasteiger partial charge < -0.3 is 10.2 Å². The van der Waals surface area contributed by atoms with E-state index >= 15 is 0 Å². The van der Waals surface area contributed by atoms with Gasteiger partial charge in [0.15, 0.2) is 0 Å². The van der Waals surface area contributed by atoms with E-state index in [9.17, 15) is 14.0 Å². The van der Waals surface area contributed by atoms with Crippen molar-refractivity contribution in [3.63, 3.8) is 0 Å². The van der Waals surface area contributed by atoms with E-state index < -0.39 is 5.41 Å². The zero-order valence-electron chi connectivity index (χ0n) is 16.0. The minimum absolute atomic E-state index is 0.113. The number of nitrogens with one attached hydrogen (secondary N) is 1.